The second-order valence-electron chi connectivity index (χ2n) is 1.76. The van der Waals surface area contributed by atoms with Gasteiger partial charge in [0.1, 0.15) is 4.61 Å². The molecule has 1 heterocycles. The minimum atomic E-state index is 0.532. The van der Waals surface area contributed by atoms with Gasteiger partial charge in [-0.3, -0.25) is 0 Å². The molecule has 0 saturated carbocycles. The van der Waals surface area contributed by atoms with E-state index in [4.69, 9.17) is 9.47 Å². The molecule has 0 aliphatic rings. The van der Waals surface area contributed by atoms with Crippen molar-refractivity contribution in [3.63, 3.8) is 0 Å². The van der Waals surface area contributed by atoms with E-state index >= 15 is 0 Å². The topological polar surface area (TPSA) is 31.4 Å². The summed E-state index contributed by atoms with van der Waals surface area (Å²) in [5, 5.41) is 0. The van der Waals surface area contributed by atoms with E-state index in [0.29, 0.717) is 16.2 Å². The third-order valence-corrected chi connectivity index (χ3v) is 1.45. The molecule has 0 aliphatic heterocycles. The molecule has 0 bridgehead atoms. The zero-order chi connectivity index (χ0) is 8.10. The van der Waals surface area contributed by atoms with Gasteiger partial charge in [0.25, 0.3) is 5.88 Å². The van der Waals surface area contributed by atoms with Crippen molar-refractivity contribution in [3.05, 3.63) is 18.3 Å². The number of rotatable bonds is 3. The summed E-state index contributed by atoms with van der Waals surface area (Å²) in [4.78, 5) is 3.97. The molecule has 60 valence electrons. The molecule has 1 aromatic rings. The molecule has 0 aromatic carbocycles. The number of ether oxygens (including phenoxy) is 2. The molecule has 1 aromatic heterocycles. The number of hydrogen-bond acceptors (Lipinski definition) is 3. The van der Waals surface area contributed by atoms with Crippen molar-refractivity contribution < 1.29 is 9.47 Å². The fraction of sp³-hybridized carbons (Fsp3) is 0.286. The number of methoxy groups -OCH3 is 1. The maximum atomic E-state index is 5.23. The van der Waals surface area contributed by atoms with Crippen molar-refractivity contribution in [2.75, 3.05) is 11.7 Å². The normalized spacial score (nSPS) is 9.27. The van der Waals surface area contributed by atoms with Crippen LogP contribution in [0.4, 0.5) is 0 Å². The van der Waals surface area contributed by atoms with Gasteiger partial charge in [-0.15, -0.1) is 0 Å². The molecule has 0 atom stereocenters. The van der Waals surface area contributed by atoms with Gasteiger partial charge in [0.05, 0.1) is 7.11 Å². The van der Waals surface area contributed by atoms with Gasteiger partial charge in [-0.05, 0) is 34.7 Å². The van der Waals surface area contributed by atoms with Gasteiger partial charge in [0, 0.05) is 6.20 Å². The highest BCUT2D eigenvalue weighted by Gasteiger charge is 2.01. The highest BCUT2D eigenvalue weighted by molar-refractivity contribution is 14.1. The van der Waals surface area contributed by atoms with Crippen LogP contribution >= 0.6 is 22.6 Å². The molecule has 0 aliphatic carbocycles. The minimum Gasteiger partial charge on any atom is -0.478 e. The van der Waals surface area contributed by atoms with E-state index in [2.05, 4.69) is 27.6 Å². The summed E-state index contributed by atoms with van der Waals surface area (Å²) < 4.78 is 10.8. The van der Waals surface area contributed by atoms with Crippen molar-refractivity contribution >= 4 is 22.6 Å². The van der Waals surface area contributed by atoms with Gasteiger partial charge in [-0.1, -0.05) is 0 Å². The molecule has 0 amide bonds. The molecule has 0 radical (unpaired) electrons. The molecule has 0 unspecified atom stereocenters. The lowest BCUT2D eigenvalue weighted by Gasteiger charge is -2.05. The SMILES string of the molecule is COc1ncccc1OCI. The molecule has 0 saturated heterocycles. The molecule has 3 nitrogen and oxygen atoms in total. The van der Waals surface area contributed by atoms with E-state index in [9.17, 15) is 0 Å². The van der Waals surface area contributed by atoms with Crippen molar-refractivity contribution in [2.45, 2.75) is 0 Å². The Morgan fingerprint density at radius 2 is 2.45 bits per heavy atom. The predicted octanol–water partition coefficient (Wildman–Crippen LogP) is 1.86. The van der Waals surface area contributed by atoms with Gasteiger partial charge in [0.15, 0.2) is 5.75 Å². The Kier molecular flexibility index (Phi) is 3.41. The van der Waals surface area contributed by atoms with Crippen LogP contribution in [-0.4, -0.2) is 16.7 Å². The molecule has 1 rings (SSSR count). The Labute approximate surface area is 78.9 Å². The lowest BCUT2D eigenvalue weighted by molar-refractivity contribution is 0.338. The summed E-state index contributed by atoms with van der Waals surface area (Å²) >= 11 is 2.12. The first-order valence-corrected chi connectivity index (χ1v) is 4.59. The fourth-order valence-corrected chi connectivity index (χ4v) is 1.03. The van der Waals surface area contributed by atoms with E-state index in [1.54, 1.807) is 13.3 Å². The summed E-state index contributed by atoms with van der Waals surface area (Å²) in [6.07, 6.45) is 1.67. The van der Waals surface area contributed by atoms with E-state index in [1.807, 2.05) is 12.1 Å². The third-order valence-electron chi connectivity index (χ3n) is 1.14. The van der Waals surface area contributed by atoms with Crippen LogP contribution in [0.15, 0.2) is 18.3 Å². The van der Waals surface area contributed by atoms with E-state index < -0.39 is 0 Å². The summed E-state index contributed by atoms with van der Waals surface area (Å²) in [6.45, 7) is 0. The number of aromatic nitrogens is 1. The Morgan fingerprint density at radius 1 is 1.64 bits per heavy atom. The van der Waals surface area contributed by atoms with Gasteiger partial charge < -0.3 is 9.47 Å². The maximum Gasteiger partial charge on any atom is 0.256 e. The van der Waals surface area contributed by atoms with E-state index in [0.717, 1.165) is 0 Å². The van der Waals surface area contributed by atoms with Gasteiger partial charge in [-0.25, -0.2) is 4.98 Å². The van der Waals surface area contributed by atoms with Crippen LogP contribution in [0.2, 0.25) is 0 Å². The molecular weight excluding hydrogens is 257 g/mol. The summed E-state index contributed by atoms with van der Waals surface area (Å²) in [6, 6.07) is 3.63. The van der Waals surface area contributed by atoms with Crippen LogP contribution in [0.1, 0.15) is 0 Å². The number of alkyl halides is 1. The molecule has 11 heavy (non-hydrogen) atoms. The quantitative estimate of drug-likeness (QED) is 0.617. The second-order valence-corrected chi connectivity index (χ2v) is 2.39. The van der Waals surface area contributed by atoms with Crippen LogP contribution in [-0.2, 0) is 0 Å². The van der Waals surface area contributed by atoms with E-state index in [1.165, 1.54) is 0 Å². The van der Waals surface area contributed by atoms with Crippen LogP contribution in [0.25, 0.3) is 0 Å². The smallest absolute Gasteiger partial charge is 0.256 e. The number of pyridine rings is 1. The van der Waals surface area contributed by atoms with Gasteiger partial charge in [-0.2, -0.15) is 0 Å². The Bertz CT molecular complexity index is 229. The Balaban J connectivity index is 2.83. The standard InChI is InChI=1S/C7H8INO2/c1-10-7-6(11-5-8)3-2-4-9-7/h2-4H,5H2,1H3. The first-order chi connectivity index (χ1) is 5.38. The lowest BCUT2D eigenvalue weighted by Crippen LogP contribution is -1.94. The van der Waals surface area contributed by atoms with Crippen molar-refractivity contribution in [2.24, 2.45) is 0 Å². The minimum absolute atomic E-state index is 0.532. The number of nitrogens with zero attached hydrogens (tertiary/aromatic N) is 1. The van der Waals surface area contributed by atoms with E-state index in [-0.39, 0.29) is 0 Å². The highest BCUT2D eigenvalue weighted by atomic mass is 127. The second kappa shape index (κ2) is 4.38. The maximum absolute atomic E-state index is 5.23. The average molecular weight is 265 g/mol. The van der Waals surface area contributed by atoms with Crippen molar-refractivity contribution in [1.29, 1.82) is 0 Å². The Hall–Kier alpha value is -0.520. The molecule has 0 spiro atoms. The molecule has 4 heteroatoms. The van der Waals surface area contributed by atoms with Gasteiger partial charge >= 0.3 is 0 Å². The predicted molar refractivity (Wildman–Crippen MR) is 50.3 cm³/mol. The van der Waals surface area contributed by atoms with Crippen LogP contribution in [0.3, 0.4) is 0 Å². The summed E-state index contributed by atoms with van der Waals surface area (Å²) in [5.74, 6) is 1.22. The first kappa shape index (κ1) is 8.58. The lowest BCUT2D eigenvalue weighted by atomic mass is 10.4. The molecular formula is C7H8INO2. The summed E-state index contributed by atoms with van der Waals surface area (Å²) in [7, 11) is 1.57. The van der Waals surface area contributed by atoms with Crippen LogP contribution in [0, 0.1) is 0 Å². The largest absolute Gasteiger partial charge is 0.478 e. The van der Waals surface area contributed by atoms with Crippen LogP contribution < -0.4 is 9.47 Å². The van der Waals surface area contributed by atoms with Crippen LogP contribution in [0.5, 0.6) is 11.6 Å². The van der Waals surface area contributed by atoms with Gasteiger partial charge in [0.2, 0.25) is 0 Å². The average Bonchev–Trinajstić information content (AvgIpc) is 2.06. The van der Waals surface area contributed by atoms with Crippen molar-refractivity contribution in [1.82, 2.24) is 4.98 Å². The zero-order valence-electron chi connectivity index (χ0n) is 6.08. The van der Waals surface area contributed by atoms with Crippen molar-refractivity contribution in [3.8, 4) is 11.6 Å². The number of halogens is 1. The zero-order valence-corrected chi connectivity index (χ0v) is 8.24. The number of hydrogen-bond donors (Lipinski definition) is 0. The first-order valence-electron chi connectivity index (χ1n) is 3.06. The molecule has 0 fully saturated rings. The molecule has 0 N–H and O–H groups in total. The highest BCUT2D eigenvalue weighted by Crippen LogP contribution is 2.22. The Morgan fingerprint density at radius 3 is 3.09 bits per heavy atom. The monoisotopic (exact) mass is 265 g/mol. The third kappa shape index (κ3) is 2.21. The fourth-order valence-electron chi connectivity index (χ4n) is 0.698. The summed E-state index contributed by atoms with van der Waals surface area (Å²) in [5.41, 5.74) is 0.